The molecule has 1 aliphatic heterocycles. The zero-order valence-electron chi connectivity index (χ0n) is 12.0. The van der Waals surface area contributed by atoms with E-state index in [0.717, 1.165) is 17.2 Å². The first-order valence-corrected chi connectivity index (χ1v) is 6.84. The molecule has 0 bridgehead atoms. The van der Waals surface area contributed by atoms with Crippen molar-refractivity contribution in [3.8, 4) is 0 Å². The summed E-state index contributed by atoms with van der Waals surface area (Å²) in [7, 11) is 0. The summed E-state index contributed by atoms with van der Waals surface area (Å²) in [5, 5.41) is 9.18. The van der Waals surface area contributed by atoms with Crippen molar-refractivity contribution in [2.75, 3.05) is 6.54 Å². The molecule has 1 heterocycles. The monoisotopic (exact) mass is 289 g/mol. The van der Waals surface area contributed by atoms with Gasteiger partial charge in [0.25, 0.3) is 0 Å². The fourth-order valence-electron chi connectivity index (χ4n) is 2.53. The third-order valence-electron chi connectivity index (χ3n) is 3.57. The Morgan fingerprint density at radius 1 is 1.52 bits per heavy atom. The Balaban J connectivity index is 1.97. The van der Waals surface area contributed by atoms with Crippen LogP contribution in [0.25, 0.3) is 0 Å². The van der Waals surface area contributed by atoms with Crippen LogP contribution in [0.1, 0.15) is 17.5 Å². The van der Waals surface area contributed by atoms with Crippen LogP contribution in [0.3, 0.4) is 0 Å². The Bertz CT molecular complexity index is 555. The Morgan fingerprint density at radius 3 is 2.90 bits per heavy atom. The minimum Gasteiger partial charge on any atom is -0.480 e. The number of benzene rings is 1. The number of rotatable bonds is 5. The molecule has 1 fully saturated rings. The van der Waals surface area contributed by atoms with Crippen LogP contribution >= 0.6 is 0 Å². The number of carboxylic acids is 1. The van der Waals surface area contributed by atoms with E-state index in [4.69, 9.17) is 4.74 Å². The van der Waals surface area contributed by atoms with Gasteiger partial charge in [0.15, 0.2) is 0 Å². The lowest BCUT2D eigenvalue weighted by Crippen LogP contribution is -2.39. The first kappa shape index (κ1) is 15.3. The van der Waals surface area contributed by atoms with Crippen LogP contribution in [0.4, 0.5) is 0 Å². The van der Waals surface area contributed by atoms with Crippen molar-refractivity contribution >= 4 is 11.9 Å². The zero-order valence-corrected chi connectivity index (χ0v) is 12.0. The third-order valence-corrected chi connectivity index (χ3v) is 3.57. The minimum absolute atomic E-state index is 0.268. The molecule has 0 aliphatic carbocycles. The molecule has 5 nitrogen and oxygen atoms in total. The molecule has 1 aliphatic rings. The van der Waals surface area contributed by atoms with Gasteiger partial charge in [0.2, 0.25) is 5.91 Å². The van der Waals surface area contributed by atoms with Crippen LogP contribution in [-0.4, -0.2) is 40.6 Å². The number of amides is 1. The first-order valence-electron chi connectivity index (χ1n) is 6.84. The molecule has 1 saturated heterocycles. The lowest BCUT2D eigenvalue weighted by atomic mass is 10.1. The van der Waals surface area contributed by atoms with E-state index >= 15 is 0 Å². The van der Waals surface area contributed by atoms with Gasteiger partial charge >= 0.3 is 5.97 Å². The molecular weight excluding hydrogens is 270 g/mol. The van der Waals surface area contributed by atoms with Crippen molar-refractivity contribution in [1.29, 1.82) is 0 Å². The summed E-state index contributed by atoms with van der Waals surface area (Å²) in [5.41, 5.74) is 2.18. The summed E-state index contributed by atoms with van der Waals surface area (Å²) in [6.45, 7) is 6.10. The molecule has 2 rings (SSSR count). The highest BCUT2D eigenvalue weighted by atomic mass is 16.5. The van der Waals surface area contributed by atoms with Crippen LogP contribution in [0, 0.1) is 6.92 Å². The predicted molar refractivity (Wildman–Crippen MR) is 77.7 cm³/mol. The second-order valence-corrected chi connectivity index (χ2v) is 5.21. The van der Waals surface area contributed by atoms with Gasteiger partial charge in [-0.1, -0.05) is 36.4 Å². The molecule has 0 unspecified atom stereocenters. The number of carbonyl (C=O) groups is 2. The number of likely N-dealkylation sites (tertiary alicyclic amines) is 1. The predicted octanol–water partition coefficient (Wildman–Crippen LogP) is 1.75. The lowest BCUT2D eigenvalue weighted by molar-refractivity contribution is -0.146. The van der Waals surface area contributed by atoms with Crippen LogP contribution in [0.2, 0.25) is 0 Å². The average molecular weight is 289 g/mol. The summed E-state index contributed by atoms with van der Waals surface area (Å²) in [5.74, 6) is -1.38. The maximum atomic E-state index is 11.7. The fraction of sp³-hybridized carbons (Fsp3) is 0.375. The van der Waals surface area contributed by atoms with Gasteiger partial charge in [-0.05, 0) is 18.6 Å². The molecule has 5 heteroatoms. The van der Waals surface area contributed by atoms with Crippen molar-refractivity contribution in [2.24, 2.45) is 0 Å². The molecule has 1 aromatic rings. The van der Waals surface area contributed by atoms with E-state index in [0.29, 0.717) is 13.0 Å². The van der Waals surface area contributed by atoms with Gasteiger partial charge in [0, 0.05) is 13.0 Å². The number of aryl methyl sites for hydroxylation is 1. The number of carboxylic acid groups (broad SMARTS) is 1. The normalized spacial score (nSPS) is 21.3. The average Bonchev–Trinajstić information content (AvgIpc) is 2.89. The minimum atomic E-state index is -1.01. The number of hydrogen-bond acceptors (Lipinski definition) is 3. The Morgan fingerprint density at radius 2 is 2.29 bits per heavy atom. The van der Waals surface area contributed by atoms with Crippen molar-refractivity contribution in [3.05, 3.63) is 48.0 Å². The van der Waals surface area contributed by atoms with Gasteiger partial charge < -0.3 is 14.7 Å². The highest BCUT2D eigenvalue weighted by molar-refractivity contribution is 5.91. The van der Waals surface area contributed by atoms with Crippen LogP contribution in [0.5, 0.6) is 0 Å². The van der Waals surface area contributed by atoms with E-state index in [1.54, 1.807) is 0 Å². The van der Waals surface area contributed by atoms with Crippen molar-refractivity contribution < 1.29 is 19.4 Å². The lowest BCUT2D eigenvalue weighted by Gasteiger charge is -2.19. The first-order chi connectivity index (χ1) is 10.0. The fourth-order valence-corrected chi connectivity index (χ4v) is 2.53. The Hall–Kier alpha value is -2.14. The van der Waals surface area contributed by atoms with Gasteiger partial charge in [-0.2, -0.15) is 0 Å². The standard InChI is InChI=1S/C16H19NO4/c1-3-15(18)17-9-13(8-14(17)16(19)20)21-10-12-6-4-5-11(2)7-12/h3-7,13-14H,1,8-10H2,2H3,(H,19,20)/t13-,14+/m1/s1. The molecular formula is C16H19NO4. The SMILES string of the molecule is C=CC(=O)N1C[C@H](OCc2cccc(C)c2)C[C@H]1C(=O)O. The molecule has 0 radical (unpaired) electrons. The number of aliphatic carboxylic acids is 1. The number of nitrogens with zero attached hydrogens (tertiary/aromatic N) is 1. The van der Waals surface area contributed by atoms with E-state index < -0.39 is 12.0 Å². The van der Waals surface area contributed by atoms with Crippen molar-refractivity contribution in [2.45, 2.75) is 32.1 Å². The van der Waals surface area contributed by atoms with Gasteiger partial charge in [0.1, 0.15) is 6.04 Å². The summed E-state index contributed by atoms with van der Waals surface area (Å²) < 4.78 is 5.76. The molecule has 1 N–H and O–H groups in total. The van der Waals surface area contributed by atoms with E-state index in [1.807, 2.05) is 31.2 Å². The van der Waals surface area contributed by atoms with E-state index in [1.165, 1.54) is 4.90 Å². The molecule has 0 spiro atoms. The van der Waals surface area contributed by atoms with Gasteiger partial charge in [-0.15, -0.1) is 0 Å². The van der Waals surface area contributed by atoms with Crippen molar-refractivity contribution in [1.82, 2.24) is 4.90 Å². The van der Waals surface area contributed by atoms with Crippen LogP contribution < -0.4 is 0 Å². The maximum absolute atomic E-state index is 11.7. The van der Waals surface area contributed by atoms with Crippen LogP contribution in [0.15, 0.2) is 36.9 Å². The van der Waals surface area contributed by atoms with E-state index in [9.17, 15) is 14.7 Å². The summed E-state index contributed by atoms with van der Waals surface area (Å²) in [4.78, 5) is 24.2. The Labute approximate surface area is 123 Å². The quantitative estimate of drug-likeness (QED) is 0.839. The van der Waals surface area contributed by atoms with Gasteiger partial charge in [-0.25, -0.2) is 4.79 Å². The summed E-state index contributed by atoms with van der Waals surface area (Å²) in [6.07, 6.45) is 1.18. The third kappa shape index (κ3) is 3.70. The molecule has 1 aromatic carbocycles. The zero-order chi connectivity index (χ0) is 15.4. The molecule has 2 atom stereocenters. The number of ether oxygens (including phenoxy) is 1. The van der Waals surface area contributed by atoms with Crippen LogP contribution in [-0.2, 0) is 20.9 Å². The molecule has 0 aromatic heterocycles. The second kappa shape index (κ2) is 6.54. The Kier molecular flexibility index (Phi) is 4.75. The van der Waals surface area contributed by atoms with Gasteiger partial charge in [-0.3, -0.25) is 4.79 Å². The van der Waals surface area contributed by atoms with E-state index in [-0.39, 0.29) is 18.6 Å². The highest BCUT2D eigenvalue weighted by Gasteiger charge is 2.39. The van der Waals surface area contributed by atoms with E-state index in [2.05, 4.69) is 6.58 Å². The summed E-state index contributed by atoms with van der Waals surface area (Å²) >= 11 is 0. The molecule has 21 heavy (non-hydrogen) atoms. The smallest absolute Gasteiger partial charge is 0.326 e. The second-order valence-electron chi connectivity index (χ2n) is 5.21. The number of hydrogen-bond donors (Lipinski definition) is 1. The summed E-state index contributed by atoms with van der Waals surface area (Å²) in [6, 6.07) is 7.11. The highest BCUT2D eigenvalue weighted by Crippen LogP contribution is 2.22. The van der Waals surface area contributed by atoms with Crippen molar-refractivity contribution in [3.63, 3.8) is 0 Å². The number of carbonyl (C=O) groups excluding carboxylic acids is 1. The van der Waals surface area contributed by atoms with Gasteiger partial charge in [0.05, 0.1) is 12.7 Å². The topological polar surface area (TPSA) is 66.8 Å². The largest absolute Gasteiger partial charge is 0.480 e. The molecule has 1 amide bonds. The molecule has 112 valence electrons. The maximum Gasteiger partial charge on any atom is 0.326 e. The molecule has 0 saturated carbocycles.